The van der Waals surface area contributed by atoms with Crippen LogP contribution in [-0.2, 0) is 6.42 Å². The Balaban J connectivity index is 1.69. The summed E-state index contributed by atoms with van der Waals surface area (Å²) in [6.45, 7) is 2.11. The molecule has 0 aliphatic carbocycles. The number of ether oxygens (including phenoxy) is 2. The fraction of sp³-hybridized carbons (Fsp3) is 0.238. The van der Waals surface area contributed by atoms with E-state index in [1.54, 1.807) is 33.3 Å². The Morgan fingerprint density at radius 1 is 1.14 bits per heavy atom. The fourth-order valence-corrected chi connectivity index (χ4v) is 3.31. The third kappa shape index (κ3) is 4.51. The lowest BCUT2D eigenvalue weighted by Gasteiger charge is -2.10. The van der Waals surface area contributed by atoms with Gasteiger partial charge in [-0.3, -0.25) is 4.79 Å². The monoisotopic (exact) mass is 417 g/mol. The summed E-state index contributed by atoms with van der Waals surface area (Å²) >= 11 is 6.38. The van der Waals surface area contributed by atoms with E-state index in [1.165, 1.54) is 16.8 Å². The molecule has 0 bridgehead atoms. The van der Waals surface area contributed by atoms with E-state index in [4.69, 9.17) is 21.1 Å². The Morgan fingerprint density at radius 3 is 2.48 bits per heavy atom. The van der Waals surface area contributed by atoms with Crippen molar-refractivity contribution in [3.8, 4) is 17.2 Å². The number of aromatic nitrogens is 2. The normalized spacial score (nSPS) is 10.7. The van der Waals surface area contributed by atoms with Gasteiger partial charge in [-0.05, 0) is 55.3 Å². The Bertz CT molecular complexity index is 1020. The van der Waals surface area contributed by atoms with Crippen molar-refractivity contribution >= 4 is 17.5 Å². The second-order valence-corrected chi connectivity index (χ2v) is 6.69. The zero-order valence-corrected chi connectivity index (χ0v) is 17.1. The number of methoxy groups -OCH3 is 2. The van der Waals surface area contributed by atoms with Gasteiger partial charge in [-0.25, -0.2) is 9.07 Å². The molecule has 152 valence electrons. The van der Waals surface area contributed by atoms with Crippen LogP contribution in [-0.4, -0.2) is 36.5 Å². The van der Waals surface area contributed by atoms with Crippen molar-refractivity contribution in [3.05, 3.63) is 70.3 Å². The van der Waals surface area contributed by atoms with Crippen LogP contribution >= 0.6 is 11.6 Å². The molecule has 0 saturated carbocycles. The Hall–Kier alpha value is -3.06. The highest BCUT2D eigenvalue weighted by Gasteiger charge is 2.21. The van der Waals surface area contributed by atoms with Crippen LogP contribution in [0.15, 0.2) is 42.5 Å². The van der Waals surface area contributed by atoms with Gasteiger partial charge in [0.25, 0.3) is 5.91 Å². The summed E-state index contributed by atoms with van der Waals surface area (Å²) in [7, 11) is 3.16. The third-order valence-electron chi connectivity index (χ3n) is 4.45. The van der Waals surface area contributed by atoms with E-state index < -0.39 is 0 Å². The first-order valence-corrected chi connectivity index (χ1v) is 9.32. The molecule has 3 aromatic rings. The van der Waals surface area contributed by atoms with Gasteiger partial charge < -0.3 is 14.8 Å². The first kappa shape index (κ1) is 20.7. The maximum absolute atomic E-state index is 13.1. The third-order valence-corrected chi connectivity index (χ3v) is 4.80. The molecule has 29 heavy (non-hydrogen) atoms. The molecule has 2 aromatic carbocycles. The van der Waals surface area contributed by atoms with Gasteiger partial charge in [-0.2, -0.15) is 5.10 Å². The molecule has 0 atom stereocenters. The molecule has 0 spiro atoms. The smallest absolute Gasteiger partial charge is 0.256 e. The van der Waals surface area contributed by atoms with Gasteiger partial charge in [0.05, 0.1) is 31.2 Å². The minimum Gasteiger partial charge on any atom is -0.493 e. The van der Waals surface area contributed by atoms with Crippen molar-refractivity contribution < 1.29 is 18.7 Å². The number of benzene rings is 2. The predicted octanol–water partition coefficient (Wildman–Crippen LogP) is 3.96. The lowest BCUT2D eigenvalue weighted by Crippen LogP contribution is -2.26. The van der Waals surface area contributed by atoms with Crippen LogP contribution in [0.1, 0.15) is 21.6 Å². The van der Waals surface area contributed by atoms with Crippen LogP contribution in [0.2, 0.25) is 5.15 Å². The van der Waals surface area contributed by atoms with Gasteiger partial charge in [0.2, 0.25) is 0 Å². The number of hydrogen-bond acceptors (Lipinski definition) is 4. The molecule has 3 rings (SSSR count). The van der Waals surface area contributed by atoms with E-state index in [1.807, 2.05) is 18.2 Å². The second-order valence-electron chi connectivity index (χ2n) is 6.33. The molecule has 0 fully saturated rings. The summed E-state index contributed by atoms with van der Waals surface area (Å²) < 4.78 is 25.1. The Morgan fingerprint density at radius 2 is 1.83 bits per heavy atom. The number of halogens is 2. The largest absolute Gasteiger partial charge is 0.493 e. The average Bonchev–Trinajstić information content (AvgIpc) is 3.02. The number of hydrogen-bond donors (Lipinski definition) is 1. The summed E-state index contributed by atoms with van der Waals surface area (Å²) in [5.41, 5.74) is 2.35. The average molecular weight is 418 g/mol. The van der Waals surface area contributed by atoms with Gasteiger partial charge >= 0.3 is 0 Å². The number of carbonyl (C=O) groups excluding carboxylic acids is 1. The minimum atomic E-state index is -0.359. The van der Waals surface area contributed by atoms with Crippen molar-refractivity contribution in [2.24, 2.45) is 0 Å². The van der Waals surface area contributed by atoms with Crippen molar-refractivity contribution in [1.82, 2.24) is 15.1 Å². The zero-order valence-electron chi connectivity index (χ0n) is 16.3. The fourth-order valence-electron chi connectivity index (χ4n) is 2.96. The van der Waals surface area contributed by atoms with Crippen LogP contribution in [0.25, 0.3) is 5.69 Å². The molecular weight excluding hydrogens is 397 g/mol. The number of rotatable bonds is 7. The van der Waals surface area contributed by atoms with Gasteiger partial charge in [-0.15, -0.1) is 0 Å². The van der Waals surface area contributed by atoms with E-state index in [-0.39, 0.29) is 16.9 Å². The zero-order chi connectivity index (χ0) is 21.0. The van der Waals surface area contributed by atoms with Crippen LogP contribution in [0.4, 0.5) is 4.39 Å². The van der Waals surface area contributed by atoms with Gasteiger partial charge in [0, 0.05) is 6.54 Å². The second kappa shape index (κ2) is 8.96. The summed E-state index contributed by atoms with van der Waals surface area (Å²) in [4.78, 5) is 12.6. The predicted molar refractivity (Wildman–Crippen MR) is 109 cm³/mol. The molecule has 0 radical (unpaired) electrons. The SMILES string of the molecule is COc1ccc(CCNC(=O)c2c(C)nn(-c3ccc(F)cc3)c2Cl)cc1OC. The number of aryl methyl sites for hydroxylation is 1. The van der Waals surface area contributed by atoms with Crippen molar-refractivity contribution in [1.29, 1.82) is 0 Å². The van der Waals surface area contributed by atoms with E-state index in [9.17, 15) is 9.18 Å². The Kier molecular flexibility index (Phi) is 6.39. The number of amides is 1. The number of nitrogens with one attached hydrogen (secondary N) is 1. The molecule has 1 N–H and O–H groups in total. The lowest BCUT2D eigenvalue weighted by molar-refractivity contribution is 0.0953. The van der Waals surface area contributed by atoms with Crippen LogP contribution < -0.4 is 14.8 Å². The Labute approximate surface area is 173 Å². The molecule has 0 unspecified atom stereocenters. The van der Waals surface area contributed by atoms with Crippen LogP contribution in [0.5, 0.6) is 11.5 Å². The first-order valence-electron chi connectivity index (χ1n) is 8.94. The van der Waals surface area contributed by atoms with Gasteiger partial charge in [0.15, 0.2) is 11.5 Å². The maximum atomic E-state index is 13.1. The summed E-state index contributed by atoms with van der Waals surface area (Å²) in [5, 5.41) is 7.35. The number of nitrogens with zero attached hydrogens (tertiary/aromatic N) is 2. The van der Waals surface area contributed by atoms with Crippen molar-refractivity contribution in [2.75, 3.05) is 20.8 Å². The van der Waals surface area contributed by atoms with Crippen molar-refractivity contribution in [3.63, 3.8) is 0 Å². The molecule has 1 amide bonds. The highest BCUT2D eigenvalue weighted by molar-refractivity contribution is 6.33. The van der Waals surface area contributed by atoms with Crippen LogP contribution in [0, 0.1) is 12.7 Å². The molecular formula is C21H21ClFN3O3. The maximum Gasteiger partial charge on any atom is 0.256 e. The van der Waals surface area contributed by atoms with Gasteiger partial charge in [0.1, 0.15) is 11.0 Å². The summed E-state index contributed by atoms with van der Waals surface area (Å²) in [6, 6.07) is 11.3. The molecule has 0 aliphatic rings. The van der Waals surface area contributed by atoms with E-state index in [0.29, 0.717) is 41.4 Å². The molecule has 0 saturated heterocycles. The van der Waals surface area contributed by atoms with E-state index in [0.717, 1.165) is 5.56 Å². The van der Waals surface area contributed by atoms with E-state index >= 15 is 0 Å². The summed E-state index contributed by atoms with van der Waals surface area (Å²) in [6.07, 6.45) is 0.606. The highest BCUT2D eigenvalue weighted by Crippen LogP contribution is 2.28. The van der Waals surface area contributed by atoms with Crippen molar-refractivity contribution in [2.45, 2.75) is 13.3 Å². The van der Waals surface area contributed by atoms with Gasteiger partial charge in [-0.1, -0.05) is 17.7 Å². The van der Waals surface area contributed by atoms with E-state index in [2.05, 4.69) is 10.4 Å². The number of carbonyl (C=O) groups is 1. The minimum absolute atomic E-state index is 0.178. The topological polar surface area (TPSA) is 65.4 Å². The lowest BCUT2D eigenvalue weighted by atomic mass is 10.1. The highest BCUT2D eigenvalue weighted by atomic mass is 35.5. The quantitative estimate of drug-likeness (QED) is 0.632. The van der Waals surface area contributed by atoms with Crippen LogP contribution in [0.3, 0.4) is 0 Å². The molecule has 1 aromatic heterocycles. The molecule has 6 nitrogen and oxygen atoms in total. The molecule has 8 heteroatoms. The summed E-state index contributed by atoms with van der Waals surface area (Å²) in [5.74, 6) is 0.606. The first-order chi connectivity index (χ1) is 13.9. The molecule has 1 heterocycles. The molecule has 0 aliphatic heterocycles. The standard InChI is InChI=1S/C21H21ClFN3O3/c1-13-19(20(22)26(25-13)16-7-5-15(23)6-8-16)21(27)24-11-10-14-4-9-17(28-2)18(12-14)29-3/h4-9,12H,10-11H2,1-3H3,(H,24,27).